The Hall–Kier alpha value is -0.370. The van der Waals surface area contributed by atoms with Gasteiger partial charge in [-0.2, -0.15) is 0 Å². The largest absolute Gasteiger partial charge is 0.375 e. The van der Waals surface area contributed by atoms with Gasteiger partial charge in [-0.25, -0.2) is 0 Å². The molecule has 0 aliphatic carbocycles. The molecule has 0 bridgehead atoms. The first kappa shape index (κ1) is 7.73. The van der Waals surface area contributed by atoms with Gasteiger partial charge in [-0.3, -0.25) is 0 Å². The predicted octanol–water partition coefficient (Wildman–Crippen LogP) is 1.53. The lowest BCUT2D eigenvalue weighted by atomic mass is 10.0. The van der Waals surface area contributed by atoms with Crippen LogP contribution in [-0.2, 0) is 9.53 Å². The summed E-state index contributed by atoms with van der Waals surface area (Å²) in [5.41, 5.74) is 0. The van der Waals surface area contributed by atoms with Crippen molar-refractivity contribution >= 4 is 6.29 Å². The zero-order valence-corrected chi connectivity index (χ0v) is 6.38. The van der Waals surface area contributed by atoms with Crippen molar-refractivity contribution < 1.29 is 9.53 Å². The molecule has 1 heterocycles. The number of hydrogen-bond donors (Lipinski definition) is 0. The monoisotopic (exact) mass is 142 g/mol. The maximum Gasteiger partial charge on any atom is 0.122 e. The molecule has 0 unspecified atom stereocenters. The lowest BCUT2D eigenvalue weighted by molar-refractivity contribution is -0.113. The molecule has 0 saturated carbocycles. The summed E-state index contributed by atoms with van der Waals surface area (Å²) in [7, 11) is 0. The van der Waals surface area contributed by atoms with Crippen molar-refractivity contribution in [3.8, 4) is 0 Å². The van der Waals surface area contributed by atoms with E-state index in [9.17, 15) is 4.79 Å². The van der Waals surface area contributed by atoms with Crippen molar-refractivity contribution in [1.82, 2.24) is 0 Å². The second-order valence-corrected chi connectivity index (χ2v) is 2.90. The maximum atomic E-state index is 10.1. The minimum atomic E-state index is 0.209. The molecule has 1 saturated heterocycles. The molecule has 58 valence electrons. The molecule has 1 aliphatic heterocycles. The molecule has 10 heavy (non-hydrogen) atoms. The second-order valence-electron chi connectivity index (χ2n) is 2.90. The third-order valence-corrected chi connectivity index (χ3v) is 1.92. The van der Waals surface area contributed by atoms with E-state index in [4.69, 9.17) is 4.74 Å². The Morgan fingerprint density at radius 1 is 1.60 bits per heavy atom. The number of ether oxygens (including phenoxy) is 1. The molecule has 0 amide bonds. The number of aldehydes is 1. The quantitative estimate of drug-likeness (QED) is 0.546. The normalized spacial score (nSPS) is 33.7. The van der Waals surface area contributed by atoms with E-state index in [0.29, 0.717) is 12.5 Å². The summed E-state index contributed by atoms with van der Waals surface area (Å²) in [6, 6.07) is 0. The topological polar surface area (TPSA) is 26.3 Å². The first-order chi connectivity index (χ1) is 4.83. The summed E-state index contributed by atoms with van der Waals surface area (Å²) in [5, 5.41) is 0. The van der Waals surface area contributed by atoms with E-state index in [1.165, 1.54) is 6.42 Å². The Kier molecular flexibility index (Phi) is 2.87. The Labute approximate surface area is 61.6 Å². The fraction of sp³-hybridized carbons (Fsp3) is 0.875. The predicted molar refractivity (Wildman–Crippen MR) is 38.9 cm³/mol. The SMILES string of the molecule is C[C@H]1CCC[C@@H](CC=O)O1. The molecule has 2 atom stereocenters. The first-order valence-corrected chi connectivity index (χ1v) is 3.92. The fourth-order valence-electron chi connectivity index (χ4n) is 1.38. The lowest BCUT2D eigenvalue weighted by Gasteiger charge is -2.26. The van der Waals surface area contributed by atoms with E-state index < -0.39 is 0 Å². The van der Waals surface area contributed by atoms with Gasteiger partial charge in [-0.1, -0.05) is 0 Å². The van der Waals surface area contributed by atoms with Crippen LogP contribution >= 0.6 is 0 Å². The smallest absolute Gasteiger partial charge is 0.122 e. The third kappa shape index (κ3) is 2.10. The van der Waals surface area contributed by atoms with Gasteiger partial charge in [-0.15, -0.1) is 0 Å². The zero-order valence-electron chi connectivity index (χ0n) is 6.38. The molecule has 0 aromatic rings. The highest BCUT2D eigenvalue weighted by atomic mass is 16.5. The number of carbonyl (C=O) groups excluding carboxylic acids is 1. The molecular weight excluding hydrogens is 128 g/mol. The van der Waals surface area contributed by atoms with Crippen LogP contribution in [0.1, 0.15) is 32.6 Å². The van der Waals surface area contributed by atoms with Crippen LogP contribution in [0.3, 0.4) is 0 Å². The van der Waals surface area contributed by atoms with Crippen molar-refractivity contribution in [2.45, 2.75) is 44.8 Å². The van der Waals surface area contributed by atoms with Gasteiger partial charge in [0.05, 0.1) is 12.2 Å². The van der Waals surface area contributed by atoms with E-state index in [1.807, 2.05) is 0 Å². The Morgan fingerprint density at radius 3 is 3.00 bits per heavy atom. The summed E-state index contributed by atoms with van der Waals surface area (Å²) in [6.07, 6.45) is 5.51. The molecule has 1 rings (SSSR count). The van der Waals surface area contributed by atoms with Gasteiger partial charge in [0.1, 0.15) is 6.29 Å². The van der Waals surface area contributed by atoms with Crippen LogP contribution < -0.4 is 0 Å². The molecule has 0 spiro atoms. The summed E-state index contributed by atoms with van der Waals surface area (Å²) in [6.45, 7) is 2.07. The maximum absolute atomic E-state index is 10.1. The lowest BCUT2D eigenvalue weighted by Crippen LogP contribution is -2.25. The summed E-state index contributed by atoms with van der Waals surface area (Å²) < 4.78 is 5.50. The summed E-state index contributed by atoms with van der Waals surface area (Å²) in [5.74, 6) is 0. The molecule has 2 heteroatoms. The Bertz CT molecular complexity index is 112. The van der Waals surface area contributed by atoms with E-state index in [1.54, 1.807) is 0 Å². The van der Waals surface area contributed by atoms with Crippen molar-refractivity contribution in [3.05, 3.63) is 0 Å². The molecule has 0 N–H and O–H groups in total. The van der Waals surface area contributed by atoms with Crippen LogP contribution in [-0.4, -0.2) is 18.5 Å². The van der Waals surface area contributed by atoms with Gasteiger partial charge < -0.3 is 9.53 Å². The standard InChI is InChI=1S/C8H14O2/c1-7-3-2-4-8(10-7)5-6-9/h6-8H,2-5H2,1H3/t7-,8-/m0/s1. The van der Waals surface area contributed by atoms with Crippen LogP contribution in [0.2, 0.25) is 0 Å². The number of carbonyl (C=O) groups is 1. The van der Waals surface area contributed by atoms with Crippen LogP contribution in [0.25, 0.3) is 0 Å². The van der Waals surface area contributed by atoms with Gasteiger partial charge in [0.25, 0.3) is 0 Å². The highest BCUT2D eigenvalue weighted by Gasteiger charge is 2.17. The van der Waals surface area contributed by atoms with Gasteiger partial charge in [0.15, 0.2) is 0 Å². The van der Waals surface area contributed by atoms with Crippen molar-refractivity contribution in [3.63, 3.8) is 0 Å². The minimum absolute atomic E-state index is 0.209. The van der Waals surface area contributed by atoms with Gasteiger partial charge in [-0.05, 0) is 26.2 Å². The van der Waals surface area contributed by atoms with Crippen LogP contribution in [0.4, 0.5) is 0 Å². The average Bonchev–Trinajstić information content (AvgIpc) is 1.88. The number of rotatable bonds is 2. The highest BCUT2D eigenvalue weighted by molar-refractivity contribution is 5.50. The molecule has 1 aliphatic rings. The Morgan fingerprint density at radius 2 is 2.40 bits per heavy atom. The summed E-state index contributed by atoms with van der Waals surface area (Å²) in [4.78, 5) is 10.1. The van der Waals surface area contributed by atoms with Crippen LogP contribution in [0, 0.1) is 0 Å². The number of hydrogen-bond acceptors (Lipinski definition) is 2. The van der Waals surface area contributed by atoms with E-state index in [-0.39, 0.29) is 6.10 Å². The molecule has 0 aromatic heterocycles. The van der Waals surface area contributed by atoms with Crippen LogP contribution in [0.15, 0.2) is 0 Å². The van der Waals surface area contributed by atoms with Gasteiger partial charge in [0.2, 0.25) is 0 Å². The van der Waals surface area contributed by atoms with Crippen LogP contribution in [0.5, 0.6) is 0 Å². The molecular formula is C8H14O2. The Balaban J connectivity index is 2.24. The first-order valence-electron chi connectivity index (χ1n) is 3.92. The summed E-state index contributed by atoms with van der Waals surface area (Å²) >= 11 is 0. The molecule has 2 nitrogen and oxygen atoms in total. The molecule has 1 fully saturated rings. The average molecular weight is 142 g/mol. The minimum Gasteiger partial charge on any atom is -0.375 e. The zero-order chi connectivity index (χ0) is 7.40. The van der Waals surface area contributed by atoms with Crippen molar-refractivity contribution in [2.24, 2.45) is 0 Å². The van der Waals surface area contributed by atoms with Gasteiger partial charge >= 0.3 is 0 Å². The highest BCUT2D eigenvalue weighted by Crippen LogP contribution is 2.19. The van der Waals surface area contributed by atoms with E-state index in [0.717, 1.165) is 19.1 Å². The van der Waals surface area contributed by atoms with E-state index in [2.05, 4.69) is 6.92 Å². The third-order valence-electron chi connectivity index (χ3n) is 1.92. The molecule has 0 aromatic carbocycles. The second kappa shape index (κ2) is 3.71. The molecule has 0 radical (unpaired) electrons. The van der Waals surface area contributed by atoms with E-state index >= 15 is 0 Å². The van der Waals surface area contributed by atoms with Crippen molar-refractivity contribution in [1.29, 1.82) is 0 Å². The fourth-order valence-corrected chi connectivity index (χ4v) is 1.38. The van der Waals surface area contributed by atoms with Gasteiger partial charge in [0, 0.05) is 6.42 Å². The van der Waals surface area contributed by atoms with Crippen molar-refractivity contribution in [2.75, 3.05) is 0 Å².